The second-order valence-electron chi connectivity index (χ2n) is 5.31. The van der Waals surface area contributed by atoms with E-state index in [1.807, 2.05) is 6.92 Å². The van der Waals surface area contributed by atoms with E-state index >= 15 is 0 Å². The van der Waals surface area contributed by atoms with Crippen molar-refractivity contribution < 1.29 is 9.59 Å². The van der Waals surface area contributed by atoms with Crippen LogP contribution in [-0.2, 0) is 6.42 Å². The lowest BCUT2D eigenvalue weighted by Gasteiger charge is -2.35. The van der Waals surface area contributed by atoms with Gasteiger partial charge in [-0.3, -0.25) is 9.89 Å². The Labute approximate surface area is 124 Å². The Morgan fingerprint density at radius 3 is 2.38 bits per heavy atom. The number of rotatable bonds is 3. The Bertz CT molecular complexity index is 505. The molecule has 0 saturated carbocycles. The molecule has 2 heterocycles. The van der Waals surface area contributed by atoms with Crippen molar-refractivity contribution in [2.45, 2.75) is 19.8 Å². The maximum atomic E-state index is 12.3. The van der Waals surface area contributed by atoms with Crippen molar-refractivity contribution in [3.05, 3.63) is 11.6 Å². The van der Waals surface area contributed by atoms with E-state index in [1.165, 1.54) is 0 Å². The lowest BCUT2D eigenvalue weighted by molar-refractivity contribution is 0.0639. The van der Waals surface area contributed by atoms with Gasteiger partial charge in [-0.15, -0.1) is 5.10 Å². The molecule has 2 rings (SSSR count). The van der Waals surface area contributed by atoms with E-state index in [0.29, 0.717) is 26.2 Å². The van der Waals surface area contributed by atoms with E-state index in [9.17, 15) is 9.59 Å². The van der Waals surface area contributed by atoms with Crippen molar-refractivity contribution in [1.82, 2.24) is 29.9 Å². The summed E-state index contributed by atoms with van der Waals surface area (Å²) in [5.41, 5.74) is 0. The van der Waals surface area contributed by atoms with Gasteiger partial charge in [0.15, 0.2) is 0 Å². The molecule has 0 aliphatic carbocycles. The molecule has 8 nitrogen and oxygen atoms in total. The van der Waals surface area contributed by atoms with Gasteiger partial charge in [0, 0.05) is 46.7 Å². The normalized spacial score (nSPS) is 15.2. The third-order valence-corrected chi connectivity index (χ3v) is 3.43. The smallest absolute Gasteiger partial charge is 0.319 e. The molecule has 3 amide bonds. The predicted octanol–water partition coefficient (Wildman–Crippen LogP) is 0.197. The number of H-pyrrole nitrogens is 1. The second kappa shape index (κ2) is 6.55. The first-order valence-electron chi connectivity index (χ1n) is 7.19. The summed E-state index contributed by atoms with van der Waals surface area (Å²) in [6, 6.07) is -0.0229. The fraction of sp³-hybridized carbons (Fsp3) is 0.692. The van der Waals surface area contributed by atoms with E-state index in [0.717, 1.165) is 18.7 Å². The van der Waals surface area contributed by atoms with Gasteiger partial charge >= 0.3 is 6.03 Å². The molecule has 0 spiro atoms. The van der Waals surface area contributed by atoms with Crippen molar-refractivity contribution in [3.63, 3.8) is 0 Å². The standard InChI is InChI=1S/C13H22N6O2/c1-4-5-10-14-11(16-15-10)12(20)18-6-8-19(9-7-18)13(21)17(2)3/h4-9H2,1-3H3,(H,14,15,16). The van der Waals surface area contributed by atoms with Gasteiger partial charge in [-0.05, 0) is 6.42 Å². The largest absolute Gasteiger partial charge is 0.332 e. The van der Waals surface area contributed by atoms with Crippen molar-refractivity contribution in [2.24, 2.45) is 0 Å². The number of urea groups is 1. The summed E-state index contributed by atoms with van der Waals surface area (Å²) in [6.45, 7) is 4.14. The number of aryl methyl sites for hydroxylation is 1. The fourth-order valence-electron chi connectivity index (χ4n) is 2.26. The molecule has 0 unspecified atom stereocenters. The number of hydrogen-bond acceptors (Lipinski definition) is 4. The maximum absolute atomic E-state index is 12.3. The van der Waals surface area contributed by atoms with Crippen LogP contribution in [0.25, 0.3) is 0 Å². The SMILES string of the molecule is CCCc1nc(C(=O)N2CCN(C(=O)N(C)C)CC2)n[nH]1. The third kappa shape index (κ3) is 3.50. The molecule has 0 aromatic carbocycles. The van der Waals surface area contributed by atoms with Crippen LogP contribution >= 0.6 is 0 Å². The highest BCUT2D eigenvalue weighted by atomic mass is 16.2. The molecule has 8 heteroatoms. The lowest BCUT2D eigenvalue weighted by Crippen LogP contribution is -2.53. The summed E-state index contributed by atoms with van der Waals surface area (Å²) in [5.74, 6) is 0.777. The highest BCUT2D eigenvalue weighted by molar-refractivity contribution is 5.90. The number of aromatic nitrogens is 3. The van der Waals surface area contributed by atoms with Crippen molar-refractivity contribution in [2.75, 3.05) is 40.3 Å². The number of aromatic amines is 1. The highest BCUT2D eigenvalue weighted by Crippen LogP contribution is 2.08. The van der Waals surface area contributed by atoms with Crippen LogP contribution in [0.5, 0.6) is 0 Å². The zero-order chi connectivity index (χ0) is 15.4. The topological polar surface area (TPSA) is 85.4 Å². The summed E-state index contributed by atoms with van der Waals surface area (Å²) in [7, 11) is 3.45. The van der Waals surface area contributed by atoms with Gasteiger partial charge in [0.2, 0.25) is 5.82 Å². The van der Waals surface area contributed by atoms with Crippen LogP contribution in [0, 0.1) is 0 Å². The van der Waals surface area contributed by atoms with Crippen LogP contribution in [0.1, 0.15) is 29.8 Å². The Balaban J connectivity index is 1.92. The molecule has 0 radical (unpaired) electrons. The van der Waals surface area contributed by atoms with Gasteiger partial charge in [0.1, 0.15) is 5.82 Å². The Morgan fingerprint density at radius 2 is 1.81 bits per heavy atom. The molecular formula is C13H22N6O2. The summed E-state index contributed by atoms with van der Waals surface area (Å²) in [4.78, 5) is 33.3. The van der Waals surface area contributed by atoms with Gasteiger partial charge in [-0.1, -0.05) is 6.92 Å². The molecule has 116 valence electrons. The minimum Gasteiger partial charge on any atom is -0.332 e. The van der Waals surface area contributed by atoms with E-state index < -0.39 is 0 Å². The van der Waals surface area contributed by atoms with E-state index in [1.54, 1.807) is 28.8 Å². The number of nitrogens with zero attached hydrogens (tertiary/aromatic N) is 5. The van der Waals surface area contributed by atoms with Crippen LogP contribution in [-0.4, -0.2) is 82.1 Å². The summed E-state index contributed by atoms with van der Waals surface area (Å²) in [5, 5.41) is 6.76. The Kier molecular flexibility index (Phi) is 4.77. The van der Waals surface area contributed by atoms with Gasteiger partial charge in [-0.2, -0.15) is 0 Å². The van der Waals surface area contributed by atoms with Crippen molar-refractivity contribution in [3.8, 4) is 0 Å². The molecule has 0 bridgehead atoms. The van der Waals surface area contributed by atoms with Crippen LogP contribution < -0.4 is 0 Å². The average molecular weight is 294 g/mol. The number of nitrogens with one attached hydrogen (secondary N) is 1. The molecule has 0 atom stereocenters. The van der Waals surface area contributed by atoms with Crippen LogP contribution in [0.4, 0.5) is 4.79 Å². The quantitative estimate of drug-likeness (QED) is 0.862. The van der Waals surface area contributed by atoms with E-state index in [4.69, 9.17) is 0 Å². The number of carbonyl (C=O) groups is 2. The molecular weight excluding hydrogens is 272 g/mol. The predicted molar refractivity (Wildman–Crippen MR) is 76.9 cm³/mol. The summed E-state index contributed by atoms with van der Waals surface area (Å²) < 4.78 is 0. The highest BCUT2D eigenvalue weighted by Gasteiger charge is 2.27. The lowest BCUT2D eigenvalue weighted by atomic mass is 10.3. The molecule has 1 aliphatic rings. The first kappa shape index (κ1) is 15.3. The van der Waals surface area contributed by atoms with Gasteiger partial charge in [0.25, 0.3) is 5.91 Å². The molecule has 1 saturated heterocycles. The first-order chi connectivity index (χ1) is 10.0. The van der Waals surface area contributed by atoms with Gasteiger partial charge in [0.05, 0.1) is 0 Å². The Morgan fingerprint density at radius 1 is 1.19 bits per heavy atom. The molecule has 1 N–H and O–H groups in total. The minimum atomic E-state index is -0.175. The number of amides is 3. The molecule has 1 aliphatic heterocycles. The summed E-state index contributed by atoms with van der Waals surface area (Å²) in [6.07, 6.45) is 1.74. The van der Waals surface area contributed by atoms with Gasteiger partial charge < -0.3 is 14.7 Å². The zero-order valence-electron chi connectivity index (χ0n) is 12.8. The summed E-state index contributed by atoms with van der Waals surface area (Å²) >= 11 is 0. The van der Waals surface area contributed by atoms with Crippen LogP contribution in [0.2, 0.25) is 0 Å². The zero-order valence-corrected chi connectivity index (χ0v) is 12.8. The number of carbonyl (C=O) groups excluding carboxylic acids is 2. The molecule has 1 fully saturated rings. The van der Waals surface area contributed by atoms with E-state index in [-0.39, 0.29) is 17.8 Å². The third-order valence-electron chi connectivity index (χ3n) is 3.43. The van der Waals surface area contributed by atoms with Crippen molar-refractivity contribution >= 4 is 11.9 Å². The van der Waals surface area contributed by atoms with Gasteiger partial charge in [-0.25, -0.2) is 9.78 Å². The maximum Gasteiger partial charge on any atom is 0.319 e. The molecule has 1 aromatic rings. The minimum absolute atomic E-state index is 0.0229. The monoisotopic (exact) mass is 294 g/mol. The Hall–Kier alpha value is -2.12. The van der Waals surface area contributed by atoms with Crippen LogP contribution in [0.15, 0.2) is 0 Å². The number of hydrogen-bond donors (Lipinski definition) is 1. The average Bonchev–Trinajstić information content (AvgIpc) is 2.95. The number of piperazine rings is 1. The van der Waals surface area contributed by atoms with Crippen molar-refractivity contribution in [1.29, 1.82) is 0 Å². The van der Waals surface area contributed by atoms with E-state index in [2.05, 4.69) is 15.2 Å². The molecule has 1 aromatic heterocycles. The first-order valence-corrected chi connectivity index (χ1v) is 7.19. The molecule has 21 heavy (non-hydrogen) atoms. The fourth-order valence-corrected chi connectivity index (χ4v) is 2.26. The van der Waals surface area contributed by atoms with Crippen LogP contribution in [0.3, 0.4) is 0 Å². The second-order valence-corrected chi connectivity index (χ2v) is 5.31.